The zero-order chi connectivity index (χ0) is 22.0. The van der Waals surface area contributed by atoms with Crippen LogP contribution in [0.15, 0.2) is 30.3 Å². The van der Waals surface area contributed by atoms with E-state index < -0.39 is 0 Å². The molecular weight excluding hydrogens is 457 g/mol. The molecule has 164 valence electrons. The first-order valence-corrected chi connectivity index (χ1v) is 11.6. The molecule has 9 heteroatoms. The normalized spacial score (nSPS) is 14.7. The Kier molecular flexibility index (Phi) is 6.99. The monoisotopic (exact) mass is 479 g/mol. The number of hydrogen-bond acceptors (Lipinski definition) is 6. The second-order valence-electron chi connectivity index (χ2n) is 7.29. The number of morpholine rings is 1. The molecule has 31 heavy (non-hydrogen) atoms. The third-order valence-electron chi connectivity index (χ3n) is 5.30. The molecule has 4 rings (SSSR count). The van der Waals surface area contributed by atoms with Crippen molar-refractivity contribution in [3.63, 3.8) is 0 Å². The molecular formula is C22H23Cl2N3O3S. The summed E-state index contributed by atoms with van der Waals surface area (Å²) in [6.07, 6.45) is 0. The van der Waals surface area contributed by atoms with Crippen molar-refractivity contribution in [3.05, 3.63) is 51.5 Å². The van der Waals surface area contributed by atoms with Crippen molar-refractivity contribution >= 4 is 55.8 Å². The van der Waals surface area contributed by atoms with Crippen LogP contribution in [0.4, 0.5) is 5.13 Å². The van der Waals surface area contributed by atoms with Gasteiger partial charge < -0.3 is 9.47 Å². The standard InChI is InChI=1S/C22H23Cl2N3O3S/c1-14-3-5-17(24)20-19(14)25-22(31-20)27(8-7-26-9-11-30-12-10-26)21(28)16-13-15(23)4-6-18(16)29-2/h3-6,13H,7-12H2,1-2H3. The van der Waals surface area contributed by atoms with E-state index in [-0.39, 0.29) is 5.91 Å². The molecule has 0 bridgehead atoms. The molecule has 1 amide bonds. The molecule has 0 spiro atoms. The molecule has 3 aromatic rings. The maximum atomic E-state index is 13.7. The second-order valence-corrected chi connectivity index (χ2v) is 9.12. The van der Waals surface area contributed by atoms with Crippen molar-refractivity contribution in [3.8, 4) is 5.75 Å². The predicted octanol–water partition coefficient (Wildman–Crippen LogP) is 4.90. The van der Waals surface area contributed by atoms with Crippen molar-refractivity contribution in [2.75, 3.05) is 51.4 Å². The number of carbonyl (C=O) groups is 1. The summed E-state index contributed by atoms with van der Waals surface area (Å²) in [7, 11) is 1.54. The van der Waals surface area contributed by atoms with Gasteiger partial charge in [0.05, 0.1) is 41.1 Å². The maximum absolute atomic E-state index is 13.7. The van der Waals surface area contributed by atoms with Crippen molar-refractivity contribution < 1.29 is 14.3 Å². The summed E-state index contributed by atoms with van der Waals surface area (Å²) in [5.74, 6) is 0.265. The van der Waals surface area contributed by atoms with Gasteiger partial charge in [-0.1, -0.05) is 40.6 Å². The minimum Gasteiger partial charge on any atom is -0.496 e. The largest absolute Gasteiger partial charge is 0.496 e. The van der Waals surface area contributed by atoms with Gasteiger partial charge in [0.15, 0.2) is 5.13 Å². The molecule has 0 saturated carbocycles. The van der Waals surface area contributed by atoms with Gasteiger partial charge in [-0.15, -0.1) is 0 Å². The van der Waals surface area contributed by atoms with Crippen LogP contribution in [-0.2, 0) is 4.74 Å². The molecule has 1 aliphatic rings. The lowest BCUT2D eigenvalue weighted by atomic mass is 10.1. The summed E-state index contributed by atoms with van der Waals surface area (Å²) in [5.41, 5.74) is 2.23. The van der Waals surface area contributed by atoms with Crippen LogP contribution in [0.3, 0.4) is 0 Å². The van der Waals surface area contributed by atoms with E-state index in [4.69, 9.17) is 37.7 Å². The summed E-state index contributed by atoms with van der Waals surface area (Å²) in [4.78, 5) is 22.4. The number of carbonyl (C=O) groups excluding carboxylic acids is 1. The minimum atomic E-state index is -0.208. The summed E-state index contributed by atoms with van der Waals surface area (Å²) < 4.78 is 11.7. The van der Waals surface area contributed by atoms with Gasteiger partial charge in [-0.3, -0.25) is 14.6 Å². The quantitative estimate of drug-likeness (QED) is 0.503. The fourth-order valence-electron chi connectivity index (χ4n) is 3.55. The number of fused-ring (bicyclic) bond motifs is 1. The molecule has 0 radical (unpaired) electrons. The number of aryl methyl sites for hydroxylation is 1. The van der Waals surface area contributed by atoms with Crippen LogP contribution in [0.1, 0.15) is 15.9 Å². The van der Waals surface area contributed by atoms with Crippen LogP contribution in [0.5, 0.6) is 5.75 Å². The Morgan fingerprint density at radius 1 is 1.26 bits per heavy atom. The predicted molar refractivity (Wildman–Crippen MR) is 126 cm³/mol. The van der Waals surface area contributed by atoms with E-state index in [1.807, 2.05) is 19.1 Å². The van der Waals surface area contributed by atoms with Gasteiger partial charge in [0, 0.05) is 31.2 Å². The van der Waals surface area contributed by atoms with Crippen LogP contribution >= 0.6 is 34.5 Å². The van der Waals surface area contributed by atoms with E-state index in [0.29, 0.717) is 52.8 Å². The van der Waals surface area contributed by atoms with Crippen molar-refractivity contribution in [2.45, 2.75) is 6.92 Å². The molecule has 0 N–H and O–H groups in total. The number of rotatable bonds is 6. The number of methoxy groups -OCH3 is 1. The average molecular weight is 480 g/mol. The highest BCUT2D eigenvalue weighted by Gasteiger charge is 2.26. The van der Waals surface area contributed by atoms with Gasteiger partial charge >= 0.3 is 0 Å². The first-order valence-electron chi connectivity index (χ1n) is 9.99. The van der Waals surface area contributed by atoms with Crippen molar-refractivity contribution in [1.82, 2.24) is 9.88 Å². The Labute approximate surface area is 195 Å². The van der Waals surface area contributed by atoms with Gasteiger partial charge in [0.25, 0.3) is 5.91 Å². The fourth-order valence-corrected chi connectivity index (χ4v) is 5.06. The number of amides is 1. The first-order chi connectivity index (χ1) is 15.0. The summed E-state index contributed by atoms with van der Waals surface area (Å²) in [6, 6.07) is 8.84. The summed E-state index contributed by atoms with van der Waals surface area (Å²) in [6.45, 7) is 6.26. The molecule has 0 atom stereocenters. The Morgan fingerprint density at radius 3 is 2.74 bits per heavy atom. The molecule has 1 aliphatic heterocycles. The van der Waals surface area contributed by atoms with Crippen LogP contribution in [0, 0.1) is 6.92 Å². The second kappa shape index (κ2) is 9.71. The smallest absolute Gasteiger partial charge is 0.263 e. The Hall–Kier alpha value is -1.90. The van der Waals surface area contributed by atoms with Crippen LogP contribution < -0.4 is 9.64 Å². The highest BCUT2D eigenvalue weighted by Crippen LogP contribution is 2.36. The van der Waals surface area contributed by atoms with Crippen LogP contribution in [0.25, 0.3) is 10.2 Å². The molecule has 0 unspecified atom stereocenters. The zero-order valence-electron chi connectivity index (χ0n) is 17.4. The molecule has 1 saturated heterocycles. The molecule has 6 nitrogen and oxygen atoms in total. The average Bonchev–Trinajstić information content (AvgIpc) is 3.23. The minimum absolute atomic E-state index is 0.208. The Bertz CT molecular complexity index is 1060. The van der Waals surface area contributed by atoms with Gasteiger partial charge in [-0.2, -0.15) is 0 Å². The fraction of sp³-hybridized carbons (Fsp3) is 0.364. The third-order valence-corrected chi connectivity index (χ3v) is 7.07. The van der Waals surface area contributed by atoms with E-state index in [9.17, 15) is 4.79 Å². The number of aromatic nitrogens is 1. The first kappa shape index (κ1) is 22.3. The Morgan fingerprint density at radius 2 is 2.03 bits per heavy atom. The molecule has 1 aromatic heterocycles. The van der Waals surface area contributed by atoms with E-state index >= 15 is 0 Å². The highest BCUT2D eigenvalue weighted by atomic mass is 35.5. The Balaban J connectivity index is 1.72. The van der Waals surface area contributed by atoms with E-state index in [1.165, 1.54) is 11.3 Å². The van der Waals surface area contributed by atoms with E-state index in [1.54, 1.807) is 30.2 Å². The number of thiazole rings is 1. The third kappa shape index (κ3) is 4.81. The number of nitrogens with zero attached hydrogens (tertiary/aromatic N) is 3. The number of halogens is 2. The maximum Gasteiger partial charge on any atom is 0.263 e. The number of benzene rings is 2. The van der Waals surface area contributed by atoms with Gasteiger partial charge in [0.2, 0.25) is 0 Å². The lowest BCUT2D eigenvalue weighted by Crippen LogP contribution is -2.43. The van der Waals surface area contributed by atoms with E-state index in [0.717, 1.165) is 28.9 Å². The van der Waals surface area contributed by atoms with Gasteiger partial charge in [-0.25, -0.2) is 4.98 Å². The van der Waals surface area contributed by atoms with Crippen molar-refractivity contribution in [2.24, 2.45) is 0 Å². The SMILES string of the molecule is COc1ccc(Cl)cc1C(=O)N(CCN1CCOCC1)c1nc2c(C)ccc(Cl)c2s1. The molecule has 0 aliphatic carbocycles. The zero-order valence-corrected chi connectivity index (χ0v) is 19.7. The van der Waals surface area contributed by atoms with Crippen LogP contribution in [-0.4, -0.2) is 62.3 Å². The molecule has 2 aromatic carbocycles. The number of hydrogen-bond donors (Lipinski definition) is 0. The topological polar surface area (TPSA) is 54.9 Å². The number of anilines is 1. The van der Waals surface area contributed by atoms with Crippen molar-refractivity contribution in [1.29, 1.82) is 0 Å². The molecule has 2 heterocycles. The lowest BCUT2D eigenvalue weighted by molar-refractivity contribution is 0.0391. The number of ether oxygens (including phenoxy) is 2. The van der Waals surface area contributed by atoms with Crippen LogP contribution in [0.2, 0.25) is 10.0 Å². The van der Waals surface area contributed by atoms with E-state index in [2.05, 4.69) is 4.90 Å². The van der Waals surface area contributed by atoms with Gasteiger partial charge in [-0.05, 0) is 36.8 Å². The summed E-state index contributed by atoms with van der Waals surface area (Å²) >= 11 is 14.0. The van der Waals surface area contributed by atoms with Gasteiger partial charge in [0.1, 0.15) is 5.75 Å². The summed E-state index contributed by atoms with van der Waals surface area (Å²) in [5, 5.41) is 1.71. The lowest BCUT2D eigenvalue weighted by Gasteiger charge is -2.29. The molecule has 1 fully saturated rings. The highest BCUT2D eigenvalue weighted by molar-refractivity contribution is 7.23.